The number of ether oxygens (including phenoxy) is 1. The van der Waals surface area contributed by atoms with E-state index in [1.54, 1.807) is 35.2 Å². The Balaban J connectivity index is 2.39. The number of esters is 1. The minimum absolute atomic E-state index is 0.0132. The summed E-state index contributed by atoms with van der Waals surface area (Å²) in [7, 11) is 1.29. The Morgan fingerprint density at radius 1 is 1.10 bits per heavy atom. The second-order valence-corrected chi connectivity index (χ2v) is 4.25. The molecule has 0 aliphatic rings. The number of likely N-dealkylation sites (N-methyl/N-ethyl adjacent to an activating group) is 1. The number of hydrazine groups is 1. The number of hydrogen-bond donors (Lipinski definition) is 2. The van der Waals surface area contributed by atoms with E-state index >= 15 is 0 Å². The third-order valence-electron chi connectivity index (χ3n) is 2.75. The molecule has 0 atom stereocenters. The van der Waals surface area contributed by atoms with E-state index in [9.17, 15) is 14.4 Å². The summed E-state index contributed by atoms with van der Waals surface area (Å²) in [5, 5.41) is 0. The molecule has 1 aromatic carbocycles. The fraction of sp³-hybridized carbons (Fsp3) is 0.357. The zero-order valence-corrected chi connectivity index (χ0v) is 12.1. The number of methoxy groups -OCH3 is 1. The Bertz CT molecular complexity index is 490. The first kappa shape index (κ1) is 16.6. The summed E-state index contributed by atoms with van der Waals surface area (Å²) in [4.78, 5) is 36.2. The van der Waals surface area contributed by atoms with Crippen molar-refractivity contribution in [2.45, 2.75) is 6.92 Å². The molecule has 0 heterocycles. The zero-order chi connectivity index (χ0) is 15.7. The molecule has 7 heteroatoms. The lowest BCUT2D eigenvalue weighted by molar-refractivity contribution is -0.142. The molecule has 0 aliphatic carbocycles. The van der Waals surface area contributed by atoms with Gasteiger partial charge in [-0.25, -0.2) is 0 Å². The molecule has 0 bridgehead atoms. The third kappa shape index (κ3) is 6.05. The van der Waals surface area contributed by atoms with Gasteiger partial charge in [0.2, 0.25) is 0 Å². The molecule has 0 aromatic heterocycles. The molecule has 0 saturated carbocycles. The molecule has 0 saturated heterocycles. The first-order chi connectivity index (χ1) is 10.1. The van der Waals surface area contributed by atoms with Gasteiger partial charge in [0, 0.05) is 5.56 Å². The average Bonchev–Trinajstić information content (AvgIpc) is 2.52. The highest BCUT2D eigenvalue weighted by Crippen LogP contribution is 1.96. The maximum Gasteiger partial charge on any atom is 0.319 e. The van der Waals surface area contributed by atoms with Crippen LogP contribution in [0.4, 0.5) is 0 Å². The lowest BCUT2D eigenvalue weighted by Crippen LogP contribution is -2.47. The molecule has 2 N–H and O–H groups in total. The summed E-state index contributed by atoms with van der Waals surface area (Å²) in [6.07, 6.45) is 0. The number of hydrogen-bond acceptors (Lipinski definition) is 5. The Labute approximate surface area is 123 Å². The van der Waals surface area contributed by atoms with Crippen molar-refractivity contribution in [3.8, 4) is 0 Å². The van der Waals surface area contributed by atoms with Gasteiger partial charge in [0.25, 0.3) is 11.8 Å². The second kappa shape index (κ2) is 8.70. The molecule has 0 unspecified atom stereocenters. The van der Waals surface area contributed by atoms with Crippen molar-refractivity contribution in [2.75, 3.05) is 26.7 Å². The molecule has 114 valence electrons. The normalized spacial score (nSPS) is 10.0. The lowest BCUT2D eigenvalue weighted by Gasteiger charge is -2.18. The van der Waals surface area contributed by atoms with Crippen molar-refractivity contribution in [1.29, 1.82) is 0 Å². The van der Waals surface area contributed by atoms with Crippen molar-refractivity contribution in [2.24, 2.45) is 0 Å². The van der Waals surface area contributed by atoms with Crippen molar-refractivity contribution in [3.63, 3.8) is 0 Å². The number of amides is 2. The molecule has 7 nitrogen and oxygen atoms in total. The minimum atomic E-state index is -0.419. The topological polar surface area (TPSA) is 87.7 Å². The van der Waals surface area contributed by atoms with Crippen LogP contribution in [0.2, 0.25) is 0 Å². The van der Waals surface area contributed by atoms with Gasteiger partial charge >= 0.3 is 5.97 Å². The van der Waals surface area contributed by atoms with Crippen molar-refractivity contribution < 1.29 is 19.1 Å². The van der Waals surface area contributed by atoms with Crippen LogP contribution >= 0.6 is 0 Å². The Morgan fingerprint density at radius 2 is 1.76 bits per heavy atom. The summed E-state index contributed by atoms with van der Waals surface area (Å²) in [6.45, 7) is 2.33. The van der Waals surface area contributed by atoms with Crippen LogP contribution in [0.1, 0.15) is 17.3 Å². The van der Waals surface area contributed by atoms with Gasteiger partial charge in [-0.15, -0.1) is 0 Å². The zero-order valence-electron chi connectivity index (χ0n) is 12.1. The summed E-state index contributed by atoms with van der Waals surface area (Å²) in [6, 6.07) is 8.52. The maximum absolute atomic E-state index is 11.7. The van der Waals surface area contributed by atoms with Crippen molar-refractivity contribution >= 4 is 17.8 Å². The van der Waals surface area contributed by atoms with E-state index in [2.05, 4.69) is 15.6 Å². The number of carbonyl (C=O) groups is 3. The first-order valence-corrected chi connectivity index (χ1v) is 6.50. The highest BCUT2D eigenvalue weighted by molar-refractivity contribution is 5.95. The van der Waals surface area contributed by atoms with Crippen molar-refractivity contribution in [3.05, 3.63) is 35.9 Å². The standard InChI is InChI=1S/C14H19N3O4/c1-3-17(10-13(19)21-2)9-12(18)15-16-14(20)11-7-5-4-6-8-11/h4-8H,3,9-10H2,1-2H3,(H,15,18)(H,16,20). The molecule has 0 aliphatic heterocycles. The van der Waals surface area contributed by atoms with E-state index in [1.165, 1.54) is 7.11 Å². The predicted molar refractivity (Wildman–Crippen MR) is 76.2 cm³/mol. The van der Waals surface area contributed by atoms with Crippen LogP contribution in [-0.2, 0) is 14.3 Å². The van der Waals surface area contributed by atoms with E-state index in [4.69, 9.17) is 0 Å². The molecule has 0 radical (unpaired) electrons. The number of benzene rings is 1. The van der Waals surface area contributed by atoms with E-state index in [-0.39, 0.29) is 13.1 Å². The SMILES string of the molecule is CCN(CC(=O)NNC(=O)c1ccccc1)CC(=O)OC. The molecule has 1 aromatic rings. The van der Waals surface area contributed by atoms with Crippen LogP contribution in [0.5, 0.6) is 0 Å². The summed E-state index contributed by atoms with van der Waals surface area (Å²) >= 11 is 0. The van der Waals surface area contributed by atoms with Gasteiger partial charge in [-0.2, -0.15) is 0 Å². The Morgan fingerprint density at radius 3 is 2.33 bits per heavy atom. The fourth-order valence-corrected chi connectivity index (χ4v) is 1.56. The third-order valence-corrected chi connectivity index (χ3v) is 2.75. The second-order valence-electron chi connectivity index (χ2n) is 4.25. The lowest BCUT2D eigenvalue weighted by atomic mass is 10.2. The van der Waals surface area contributed by atoms with E-state index in [0.717, 1.165) is 0 Å². The summed E-state index contributed by atoms with van der Waals surface area (Å²) < 4.78 is 4.54. The largest absolute Gasteiger partial charge is 0.468 e. The van der Waals surface area contributed by atoms with Gasteiger partial charge in [-0.1, -0.05) is 25.1 Å². The van der Waals surface area contributed by atoms with E-state index < -0.39 is 17.8 Å². The molecule has 0 spiro atoms. The molecule has 0 fully saturated rings. The smallest absolute Gasteiger partial charge is 0.319 e. The van der Waals surface area contributed by atoms with Gasteiger partial charge in [0.05, 0.1) is 20.2 Å². The van der Waals surface area contributed by atoms with Crippen LogP contribution in [0.3, 0.4) is 0 Å². The Hall–Kier alpha value is -2.41. The van der Waals surface area contributed by atoms with E-state index in [0.29, 0.717) is 12.1 Å². The summed E-state index contributed by atoms with van der Waals surface area (Å²) in [5.74, 6) is -1.23. The van der Waals surface area contributed by atoms with Crippen LogP contribution < -0.4 is 10.9 Å². The average molecular weight is 293 g/mol. The molecule has 1 rings (SSSR count). The highest BCUT2D eigenvalue weighted by atomic mass is 16.5. The van der Waals surface area contributed by atoms with Crippen LogP contribution in [0, 0.1) is 0 Å². The van der Waals surface area contributed by atoms with Crippen molar-refractivity contribution in [1.82, 2.24) is 15.8 Å². The maximum atomic E-state index is 11.7. The van der Waals surface area contributed by atoms with Gasteiger partial charge in [0.15, 0.2) is 0 Å². The number of carbonyl (C=O) groups excluding carboxylic acids is 3. The van der Waals surface area contributed by atoms with Crippen LogP contribution in [0.15, 0.2) is 30.3 Å². The van der Waals surface area contributed by atoms with Crippen LogP contribution in [-0.4, -0.2) is 49.4 Å². The van der Waals surface area contributed by atoms with Gasteiger partial charge < -0.3 is 4.74 Å². The van der Waals surface area contributed by atoms with Gasteiger partial charge in [-0.05, 0) is 18.7 Å². The molecule has 21 heavy (non-hydrogen) atoms. The number of rotatable bonds is 6. The van der Waals surface area contributed by atoms with Crippen LogP contribution in [0.25, 0.3) is 0 Å². The fourth-order valence-electron chi connectivity index (χ4n) is 1.56. The quantitative estimate of drug-likeness (QED) is 0.567. The Kier molecular flexibility index (Phi) is 6.90. The van der Waals surface area contributed by atoms with E-state index in [1.807, 2.05) is 6.92 Å². The molecular formula is C14H19N3O4. The number of nitrogens with zero attached hydrogens (tertiary/aromatic N) is 1. The summed E-state index contributed by atoms with van der Waals surface area (Å²) in [5.41, 5.74) is 5.06. The van der Waals surface area contributed by atoms with Gasteiger partial charge in [-0.3, -0.25) is 30.1 Å². The number of nitrogens with one attached hydrogen (secondary N) is 2. The van der Waals surface area contributed by atoms with Gasteiger partial charge in [0.1, 0.15) is 0 Å². The predicted octanol–water partition coefficient (Wildman–Crippen LogP) is -0.0575. The minimum Gasteiger partial charge on any atom is -0.468 e. The monoisotopic (exact) mass is 293 g/mol. The molecule has 2 amide bonds. The first-order valence-electron chi connectivity index (χ1n) is 6.50. The molecular weight excluding hydrogens is 274 g/mol. The highest BCUT2D eigenvalue weighted by Gasteiger charge is 2.14.